The molecule has 3 unspecified atom stereocenters. The fourth-order valence-corrected chi connectivity index (χ4v) is 2.85. The van der Waals surface area contributed by atoms with Crippen LogP contribution in [0, 0.1) is 11.8 Å². The quantitative estimate of drug-likeness (QED) is 0.611. The van der Waals surface area contributed by atoms with Gasteiger partial charge in [0.1, 0.15) is 17.7 Å². The van der Waals surface area contributed by atoms with E-state index in [9.17, 15) is 14.4 Å². The number of carbonyl (C=O) groups is 3. The van der Waals surface area contributed by atoms with Crippen LogP contribution in [0.1, 0.15) is 72.1 Å². The van der Waals surface area contributed by atoms with E-state index in [1.54, 1.807) is 0 Å². The summed E-state index contributed by atoms with van der Waals surface area (Å²) in [6.07, 6.45) is 5.17. The smallest absolute Gasteiger partial charge is 0.309 e. The van der Waals surface area contributed by atoms with Gasteiger partial charge in [-0.25, -0.2) is 0 Å². The molecule has 4 nitrogen and oxygen atoms in total. The van der Waals surface area contributed by atoms with Gasteiger partial charge < -0.3 is 4.74 Å². The molecule has 0 saturated carbocycles. The molecular formula is C17H28O4. The summed E-state index contributed by atoms with van der Waals surface area (Å²) in [7, 11) is 0. The second-order valence-corrected chi connectivity index (χ2v) is 6.10. The van der Waals surface area contributed by atoms with Crippen molar-refractivity contribution in [1.29, 1.82) is 0 Å². The minimum atomic E-state index is -0.127. The van der Waals surface area contributed by atoms with Gasteiger partial charge in [0.05, 0.1) is 5.92 Å². The van der Waals surface area contributed by atoms with E-state index in [0.717, 1.165) is 25.7 Å². The highest BCUT2D eigenvalue weighted by Crippen LogP contribution is 2.32. The number of hydrogen-bond acceptors (Lipinski definition) is 4. The molecule has 0 spiro atoms. The molecule has 0 N–H and O–H groups in total. The third kappa shape index (κ3) is 5.98. The highest BCUT2D eigenvalue weighted by molar-refractivity contribution is 5.85. The summed E-state index contributed by atoms with van der Waals surface area (Å²) in [4.78, 5) is 34.9. The number of esters is 1. The Kier molecular flexibility index (Phi) is 7.62. The molecule has 4 heteroatoms. The summed E-state index contributed by atoms with van der Waals surface area (Å²) >= 11 is 0. The first kappa shape index (κ1) is 17.9. The normalized spacial score (nSPS) is 25.5. The van der Waals surface area contributed by atoms with Crippen LogP contribution in [0.4, 0.5) is 0 Å². The Bertz CT molecular complexity index is 375. The molecule has 120 valence electrons. The Morgan fingerprint density at radius 2 is 1.76 bits per heavy atom. The number of Topliss-reactive ketones (excluding diaryl/α,β-unsaturated/α-hetero) is 2. The van der Waals surface area contributed by atoms with Gasteiger partial charge in [0.25, 0.3) is 0 Å². The van der Waals surface area contributed by atoms with E-state index in [0.29, 0.717) is 25.7 Å². The van der Waals surface area contributed by atoms with Gasteiger partial charge in [-0.15, -0.1) is 0 Å². The zero-order valence-electron chi connectivity index (χ0n) is 13.5. The molecule has 0 aromatic heterocycles. The van der Waals surface area contributed by atoms with Crippen molar-refractivity contribution in [2.24, 2.45) is 11.8 Å². The molecule has 1 aliphatic heterocycles. The lowest BCUT2D eigenvalue weighted by atomic mass is 9.81. The van der Waals surface area contributed by atoms with Crippen molar-refractivity contribution in [3.05, 3.63) is 0 Å². The van der Waals surface area contributed by atoms with Crippen molar-refractivity contribution >= 4 is 17.5 Å². The van der Waals surface area contributed by atoms with Gasteiger partial charge in [0.2, 0.25) is 0 Å². The van der Waals surface area contributed by atoms with E-state index in [-0.39, 0.29) is 35.5 Å². The van der Waals surface area contributed by atoms with Crippen LogP contribution in [-0.2, 0) is 19.1 Å². The van der Waals surface area contributed by atoms with Gasteiger partial charge in [-0.1, -0.05) is 27.2 Å². The number of ketones is 2. The number of carbonyl (C=O) groups excluding carboxylic acids is 3. The van der Waals surface area contributed by atoms with E-state index in [1.165, 1.54) is 0 Å². The standard InChI is InChI=1S/C17H28O4/c1-4-6-16-11-13(12(3)17(20)21-16)7-8-15(19)10-9-14(18)5-2/h12-13,16H,4-11H2,1-3H3. The molecule has 1 fully saturated rings. The van der Waals surface area contributed by atoms with Crippen molar-refractivity contribution in [3.63, 3.8) is 0 Å². The SMILES string of the molecule is CCCC1CC(CCC(=O)CCC(=O)CC)C(C)C(=O)O1. The molecule has 1 heterocycles. The van der Waals surface area contributed by atoms with Crippen LogP contribution >= 0.6 is 0 Å². The lowest BCUT2D eigenvalue weighted by Gasteiger charge is -2.33. The summed E-state index contributed by atoms with van der Waals surface area (Å²) in [5, 5.41) is 0. The van der Waals surface area contributed by atoms with Gasteiger partial charge in [-0.05, 0) is 25.2 Å². The Balaban J connectivity index is 2.39. The van der Waals surface area contributed by atoms with E-state index < -0.39 is 0 Å². The second kappa shape index (κ2) is 8.96. The summed E-state index contributed by atoms with van der Waals surface area (Å²) < 4.78 is 5.40. The van der Waals surface area contributed by atoms with Crippen LogP contribution in [0.3, 0.4) is 0 Å². The molecule has 0 radical (unpaired) electrons. The predicted octanol–water partition coefficient (Wildman–Crippen LogP) is 3.46. The highest BCUT2D eigenvalue weighted by atomic mass is 16.5. The van der Waals surface area contributed by atoms with Gasteiger partial charge in [0.15, 0.2) is 0 Å². The molecule has 0 aromatic carbocycles. The maximum Gasteiger partial charge on any atom is 0.309 e. The van der Waals surface area contributed by atoms with E-state index in [1.807, 2.05) is 13.8 Å². The summed E-state index contributed by atoms with van der Waals surface area (Å²) in [6.45, 7) is 5.78. The van der Waals surface area contributed by atoms with Crippen LogP contribution in [0.25, 0.3) is 0 Å². The molecule has 0 bridgehead atoms. The highest BCUT2D eigenvalue weighted by Gasteiger charge is 2.34. The first-order valence-corrected chi connectivity index (χ1v) is 8.21. The van der Waals surface area contributed by atoms with Crippen LogP contribution in [-0.4, -0.2) is 23.6 Å². The Hall–Kier alpha value is -1.19. The maximum absolute atomic E-state index is 11.8. The second-order valence-electron chi connectivity index (χ2n) is 6.10. The van der Waals surface area contributed by atoms with E-state index >= 15 is 0 Å². The summed E-state index contributed by atoms with van der Waals surface area (Å²) in [5.74, 6) is 0.256. The molecule has 0 aliphatic carbocycles. The van der Waals surface area contributed by atoms with E-state index in [4.69, 9.17) is 4.74 Å². The van der Waals surface area contributed by atoms with Gasteiger partial charge in [-0.3, -0.25) is 14.4 Å². The molecule has 0 amide bonds. The van der Waals surface area contributed by atoms with Crippen LogP contribution in [0.5, 0.6) is 0 Å². The first-order valence-electron chi connectivity index (χ1n) is 8.21. The zero-order valence-corrected chi connectivity index (χ0v) is 13.5. The minimum absolute atomic E-state index is 0.0143. The number of rotatable bonds is 9. The van der Waals surface area contributed by atoms with Crippen molar-refractivity contribution < 1.29 is 19.1 Å². The zero-order chi connectivity index (χ0) is 15.8. The predicted molar refractivity (Wildman–Crippen MR) is 80.8 cm³/mol. The van der Waals surface area contributed by atoms with Gasteiger partial charge in [0, 0.05) is 25.7 Å². The van der Waals surface area contributed by atoms with Crippen LogP contribution < -0.4 is 0 Å². The first-order chi connectivity index (χ1) is 9.97. The topological polar surface area (TPSA) is 60.4 Å². The summed E-state index contributed by atoms with van der Waals surface area (Å²) in [5.41, 5.74) is 0. The number of ether oxygens (including phenoxy) is 1. The third-order valence-corrected chi connectivity index (χ3v) is 4.41. The molecule has 1 aliphatic rings. The minimum Gasteiger partial charge on any atom is -0.462 e. The third-order valence-electron chi connectivity index (χ3n) is 4.41. The van der Waals surface area contributed by atoms with Crippen molar-refractivity contribution in [1.82, 2.24) is 0 Å². The Morgan fingerprint density at radius 1 is 1.10 bits per heavy atom. The van der Waals surface area contributed by atoms with Gasteiger partial charge >= 0.3 is 5.97 Å². The monoisotopic (exact) mass is 296 g/mol. The largest absolute Gasteiger partial charge is 0.462 e. The molecular weight excluding hydrogens is 268 g/mol. The van der Waals surface area contributed by atoms with Crippen molar-refractivity contribution in [3.8, 4) is 0 Å². The summed E-state index contributed by atoms with van der Waals surface area (Å²) in [6, 6.07) is 0. The van der Waals surface area contributed by atoms with Crippen LogP contribution in [0.15, 0.2) is 0 Å². The van der Waals surface area contributed by atoms with Crippen molar-refractivity contribution in [2.75, 3.05) is 0 Å². The van der Waals surface area contributed by atoms with Crippen molar-refractivity contribution in [2.45, 2.75) is 78.2 Å². The van der Waals surface area contributed by atoms with E-state index in [2.05, 4.69) is 6.92 Å². The maximum atomic E-state index is 11.8. The lowest BCUT2D eigenvalue weighted by molar-refractivity contribution is -0.164. The number of cyclic esters (lactones) is 1. The molecule has 3 atom stereocenters. The fourth-order valence-electron chi connectivity index (χ4n) is 2.85. The van der Waals surface area contributed by atoms with Crippen LogP contribution in [0.2, 0.25) is 0 Å². The average molecular weight is 296 g/mol. The Morgan fingerprint density at radius 3 is 2.38 bits per heavy atom. The molecule has 1 rings (SSSR count). The average Bonchev–Trinajstić information content (AvgIpc) is 2.47. The molecule has 21 heavy (non-hydrogen) atoms. The Labute approximate surface area is 127 Å². The molecule has 0 aromatic rings. The lowest BCUT2D eigenvalue weighted by Crippen LogP contribution is -2.36. The fraction of sp³-hybridized carbons (Fsp3) is 0.824. The van der Waals surface area contributed by atoms with Gasteiger partial charge in [-0.2, -0.15) is 0 Å². The number of hydrogen-bond donors (Lipinski definition) is 0. The molecule has 1 saturated heterocycles.